The molecule has 1 heterocycles. The molecule has 8 heteroatoms. The molecule has 1 saturated heterocycles. The lowest BCUT2D eigenvalue weighted by Crippen LogP contribution is -2.66. The molecule has 0 aromatic rings. The van der Waals surface area contributed by atoms with Crippen LogP contribution in [0.4, 0.5) is 0 Å². The highest BCUT2D eigenvalue weighted by Gasteiger charge is 2.71. The molecule has 294 valence electrons. The van der Waals surface area contributed by atoms with Crippen molar-refractivity contribution >= 4 is 17.9 Å². The van der Waals surface area contributed by atoms with Crippen molar-refractivity contribution in [2.45, 2.75) is 157 Å². The maximum atomic E-state index is 13.2. The summed E-state index contributed by atoms with van der Waals surface area (Å²) >= 11 is 0. The van der Waals surface area contributed by atoms with Crippen LogP contribution in [0, 0.1) is 62.1 Å². The number of aliphatic hydroxyl groups excluding tert-OH is 1. The minimum Gasteiger partial charge on any atom is -0.481 e. The number of allylic oxidation sites excluding steroid dienone is 1. The van der Waals surface area contributed by atoms with Gasteiger partial charge < -0.3 is 19.7 Å². The number of fused-ring (bicyclic) bond motifs is 7. The zero-order valence-corrected chi connectivity index (χ0v) is 33.9. The standard InChI is InChI=1S/C44H71NO7/c1-28(2)30-12-18-44(21-23-51-37(50)27-45-22-15-29(46)26-45)20-19-42(8)31(38(30)44)10-11-33-41(7)16-14-34(40(5,6)32(41)13-17-43(33,42)9)52-36(49)25-39(3,4)24-35(47)48/h29-34,38,46H,1,10-27H2,2-9H3,(H,47,48)/t29?,30-,31+,32-,33+,34-,38+,41-,42+,43+,44+/m0/s1. The molecule has 5 saturated carbocycles. The van der Waals surface area contributed by atoms with Crippen LogP contribution < -0.4 is 0 Å². The summed E-state index contributed by atoms with van der Waals surface area (Å²) in [6.45, 7) is 25.1. The lowest BCUT2D eigenvalue weighted by molar-refractivity contribution is -0.251. The summed E-state index contributed by atoms with van der Waals surface area (Å²) in [6, 6.07) is 0. The highest BCUT2D eigenvalue weighted by atomic mass is 16.5. The van der Waals surface area contributed by atoms with E-state index in [1.165, 1.54) is 50.5 Å². The first-order chi connectivity index (χ1) is 24.2. The molecule has 0 aromatic carbocycles. The van der Waals surface area contributed by atoms with Gasteiger partial charge in [0, 0.05) is 18.5 Å². The van der Waals surface area contributed by atoms with Gasteiger partial charge in [-0.2, -0.15) is 0 Å². The smallest absolute Gasteiger partial charge is 0.320 e. The zero-order chi connectivity index (χ0) is 38.1. The number of rotatable bonds is 11. The first-order valence-electron chi connectivity index (χ1n) is 20.8. The summed E-state index contributed by atoms with van der Waals surface area (Å²) in [6.07, 6.45) is 12.8. The fraction of sp³-hybridized carbons (Fsp3) is 0.886. The molecule has 5 aliphatic carbocycles. The summed E-state index contributed by atoms with van der Waals surface area (Å²) in [5.74, 6) is 1.44. The Bertz CT molecular complexity index is 1410. The van der Waals surface area contributed by atoms with E-state index in [9.17, 15) is 24.6 Å². The molecule has 0 aromatic heterocycles. The van der Waals surface area contributed by atoms with Gasteiger partial charge in [0.05, 0.1) is 32.1 Å². The van der Waals surface area contributed by atoms with Crippen LogP contribution >= 0.6 is 0 Å². The molecule has 0 bridgehead atoms. The predicted octanol–water partition coefficient (Wildman–Crippen LogP) is 8.45. The van der Waals surface area contributed by atoms with Crippen molar-refractivity contribution in [1.29, 1.82) is 0 Å². The Morgan fingerprint density at radius 1 is 0.846 bits per heavy atom. The number of aliphatic hydroxyl groups is 1. The van der Waals surface area contributed by atoms with Crippen LogP contribution in [0.15, 0.2) is 12.2 Å². The number of carbonyl (C=O) groups is 3. The second-order valence-electron chi connectivity index (χ2n) is 20.9. The molecule has 0 amide bonds. The molecular formula is C44H71NO7. The molecule has 0 spiro atoms. The summed E-state index contributed by atoms with van der Waals surface area (Å²) in [5.41, 5.74) is 1.29. The highest BCUT2D eigenvalue weighted by molar-refractivity contribution is 5.73. The minimum absolute atomic E-state index is 0.0509. The van der Waals surface area contributed by atoms with E-state index in [4.69, 9.17) is 9.47 Å². The normalized spacial score (nSPS) is 42.7. The number of ether oxygens (including phenoxy) is 2. The van der Waals surface area contributed by atoms with Crippen molar-refractivity contribution in [3.8, 4) is 0 Å². The van der Waals surface area contributed by atoms with Gasteiger partial charge in [-0.25, -0.2) is 0 Å². The molecule has 1 unspecified atom stereocenters. The van der Waals surface area contributed by atoms with Crippen molar-refractivity contribution < 1.29 is 34.1 Å². The summed E-state index contributed by atoms with van der Waals surface area (Å²) < 4.78 is 12.2. The number of esters is 2. The minimum atomic E-state index is -0.886. The number of likely N-dealkylation sites (tertiary alicyclic amines) is 1. The van der Waals surface area contributed by atoms with Crippen LogP contribution in [0.5, 0.6) is 0 Å². The van der Waals surface area contributed by atoms with E-state index in [1.807, 2.05) is 18.7 Å². The van der Waals surface area contributed by atoms with Crippen LogP contribution in [0.1, 0.15) is 145 Å². The second kappa shape index (κ2) is 14.0. The van der Waals surface area contributed by atoms with Crippen molar-refractivity contribution in [3.63, 3.8) is 0 Å². The molecule has 52 heavy (non-hydrogen) atoms. The van der Waals surface area contributed by atoms with Gasteiger partial charge in [0.25, 0.3) is 0 Å². The first-order valence-corrected chi connectivity index (χ1v) is 20.8. The third-order valence-electron chi connectivity index (χ3n) is 17.2. The van der Waals surface area contributed by atoms with Crippen LogP contribution in [0.25, 0.3) is 0 Å². The summed E-state index contributed by atoms with van der Waals surface area (Å²) in [4.78, 5) is 39.5. The van der Waals surface area contributed by atoms with Gasteiger partial charge in [-0.15, -0.1) is 0 Å². The Balaban J connectivity index is 1.17. The third-order valence-corrected chi connectivity index (χ3v) is 17.2. The van der Waals surface area contributed by atoms with Gasteiger partial charge >= 0.3 is 17.9 Å². The maximum Gasteiger partial charge on any atom is 0.320 e. The van der Waals surface area contributed by atoms with Crippen molar-refractivity contribution in [3.05, 3.63) is 12.2 Å². The molecule has 6 rings (SSSR count). The number of aliphatic carboxylic acids is 1. The Morgan fingerprint density at radius 2 is 1.58 bits per heavy atom. The average molecular weight is 726 g/mol. The monoisotopic (exact) mass is 726 g/mol. The molecule has 1 aliphatic heterocycles. The SMILES string of the molecule is C=C(C)[C@@H]1CC[C@]2(CCOC(=O)CN3CCC(O)C3)CC[C@]3(C)[C@H](CC[C@@H]4[C@@]5(C)CC[C@H](OC(=O)CC(C)(C)CC(=O)O)C(C)(C)[C@@H]5CC[C@]43C)[C@@H]12. The van der Waals surface area contributed by atoms with E-state index < -0.39 is 11.4 Å². The van der Waals surface area contributed by atoms with Crippen molar-refractivity contribution in [2.75, 3.05) is 26.2 Å². The number of β-amino-alcohol motifs (C(OH)–C–C–N with tert-alkyl or cyclic N) is 1. The topological polar surface area (TPSA) is 113 Å². The third kappa shape index (κ3) is 6.81. The number of carboxylic acids is 1. The van der Waals surface area contributed by atoms with Crippen LogP contribution in [-0.2, 0) is 23.9 Å². The fourth-order valence-electron chi connectivity index (χ4n) is 14.5. The van der Waals surface area contributed by atoms with Crippen LogP contribution in [0.3, 0.4) is 0 Å². The molecule has 11 atom stereocenters. The Morgan fingerprint density at radius 3 is 2.23 bits per heavy atom. The van der Waals surface area contributed by atoms with E-state index >= 15 is 0 Å². The lowest BCUT2D eigenvalue weighted by atomic mass is 9.32. The van der Waals surface area contributed by atoms with Gasteiger partial charge in [-0.3, -0.25) is 19.3 Å². The number of hydrogen-bond donors (Lipinski definition) is 2. The quantitative estimate of drug-likeness (QED) is 0.161. The number of nitrogens with zero attached hydrogens (tertiary/aromatic N) is 1. The van der Waals surface area contributed by atoms with E-state index in [0.29, 0.717) is 42.7 Å². The Labute approximate surface area is 314 Å². The van der Waals surface area contributed by atoms with Gasteiger partial charge in [0.1, 0.15) is 6.10 Å². The van der Waals surface area contributed by atoms with Crippen molar-refractivity contribution in [1.82, 2.24) is 4.90 Å². The van der Waals surface area contributed by atoms with E-state index in [1.54, 1.807) is 0 Å². The number of carboxylic acid groups (broad SMARTS) is 1. The Hall–Kier alpha value is -1.93. The number of hydrogen-bond acceptors (Lipinski definition) is 7. The molecule has 8 nitrogen and oxygen atoms in total. The van der Waals surface area contributed by atoms with Crippen molar-refractivity contribution in [2.24, 2.45) is 62.1 Å². The van der Waals surface area contributed by atoms with Gasteiger partial charge in [0.15, 0.2) is 0 Å². The Kier molecular flexibility index (Phi) is 10.7. The molecule has 2 N–H and O–H groups in total. The molecule has 6 fully saturated rings. The molecule has 0 radical (unpaired) electrons. The van der Waals surface area contributed by atoms with Gasteiger partial charge in [-0.05, 0) is 141 Å². The maximum absolute atomic E-state index is 13.2. The summed E-state index contributed by atoms with van der Waals surface area (Å²) in [7, 11) is 0. The zero-order valence-electron chi connectivity index (χ0n) is 33.9. The highest BCUT2D eigenvalue weighted by Crippen LogP contribution is 2.78. The van der Waals surface area contributed by atoms with E-state index in [0.717, 1.165) is 38.6 Å². The fourth-order valence-corrected chi connectivity index (χ4v) is 14.5. The first kappa shape index (κ1) is 39.8. The molecule has 6 aliphatic rings. The molecular weight excluding hydrogens is 654 g/mol. The summed E-state index contributed by atoms with van der Waals surface area (Å²) in [5, 5.41) is 19.2. The van der Waals surface area contributed by atoms with E-state index in [2.05, 4.69) is 48.1 Å². The van der Waals surface area contributed by atoms with Crippen LogP contribution in [0.2, 0.25) is 0 Å². The average Bonchev–Trinajstić information content (AvgIpc) is 3.61. The number of carbonyl (C=O) groups excluding carboxylic acids is 2. The largest absolute Gasteiger partial charge is 0.481 e. The predicted molar refractivity (Wildman–Crippen MR) is 202 cm³/mol. The van der Waals surface area contributed by atoms with Gasteiger partial charge in [0.2, 0.25) is 0 Å². The van der Waals surface area contributed by atoms with Gasteiger partial charge in [-0.1, -0.05) is 60.6 Å². The van der Waals surface area contributed by atoms with E-state index in [-0.39, 0.29) is 70.6 Å². The second-order valence-corrected chi connectivity index (χ2v) is 20.9. The van der Waals surface area contributed by atoms with Crippen LogP contribution in [-0.4, -0.2) is 71.5 Å². The lowest BCUT2D eigenvalue weighted by Gasteiger charge is -2.73.